The highest BCUT2D eigenvalue weighted by molar-refractivity contribution is 7.15. The Morgan fingerprint density at radius 2 is 1.77 bits per heavy atom. The van der Waals surface area contributed by atoms with E-state index in [1.807, 2.05) is 29.4 Å². The second-order valence-electron chi connectivity index (χ2n) is 9.03. The van der Waals surface area contributed by atoms with Gasteiger partial charge >= 0.3 is 0 Å². The number of aliphatic hydroxyl groups is 1. The van der Waals surface area contributed by atoms with Gasteiger partial charge in [-0.05, 0) is 49.9 Å². The van der Waals surface area contributed by atoms with Crippen molar-refractivity contribution in [3.05, 3.63) is 46.8 Å². The van der Waals surface area contributed by atoms with E-state index in [1.165, 1.54) is 20.9 Å². The first-order chi connectivity index (χ1) is 14.5. The average Bonchev–Trinajstić information content (AvgIpc) is 3.23. The summed E-state index contributed by atoms with van der Waals surface area (Å²) in [5, 5.41) is 11.0. The molecule has 0 radical (unpaired) electrons. The lowest BCUT2D eigenvalue weighted by molar-refractivity contribution is -0.163. The van der Waals surface area contributed by atoms with Gasteiger partial charge in [-0.15, -0.1) is 11.3 Å². The number of carbonyl (C=O) groups excluding carboxylic acids is 1. The number of carbonyl (C=O) groups is 1. The predicted octanol–water partition coefficient (Wildman–Crippen LogP) is 3.26. The summed E-state index contributed by atoms with van der Waals surface area (Å²) in [5.74, 6) is -0.0863. The molecule has 0 saturated carbocycles. The third kappa shape index (κ3) is 3.50. The third-order valence-electron chi connectivity index (χ3n) is 7.14. The molecule has 1 aromatic carbocycles. The zero-order valence-electron chi connectivity index (χ0n) is 17.6. The van der Waals surface area contributed by atoms with Crippen LogP contribution in [0.25, 0.3) is 10.4 Å². The van der Waals surface area contributed by atoms with E-state index >= 15 is 0 Å². The third-order valence-corrected chi connectivity index (χ3v) is 8.38. The van der Waals surface area contributed by atoms with Gasteiger partial charge in [-0.25, -0.2) is 0 Å². The molecule has 6 heteroatoms. The number of hydrogen-bond acceptors (Lipinski definition) is 5. The second-order valence-corrected chi connectivity index (χ2v) is 10.2. The fourth-order valence-corrected chi connectivity index (χ4v) is 6.38. The smallest absolute Gasteiger partial charge is 0.254 e. The number of piperidine rings is 2. The van der Waals surface area contributed by atoms with Gasteiger partial charge in [0.15, 0.2) is 0 Å². The van der Waals surface area contributed by atoms with E-state index in [9.17, 15) is 9.90 Å². The Hall–Kier alpha value is -1.73. The van der Waals surface area contributed by atoms with E-state index in [-0.39, 0.29) is 11.5 Å². The van der Waals surface area contributed by atoms with Crippen LogP contribution in [-0.2, 0) is 21.6 Å². The number of rotatable bonds is 2. The standard InChI is InChI=1S/C24H30N2O3S/c1-25-12-8-23(28,9-13-25)22(27)26-14-10-24(11-15-26)19-17-21(18-5-3-2-4-6-18)30-20(19)7-16-29-24/h2-6,17,28H,7-16H2,1H3. The van der Waals surface area contributed by atoms with Crippen molar-refractivity contribution in [2.45, 2.75) is 43.3 Å². The first-order valence-corrected chi connectivity index (χ1v) is 11.8. The maximum Gasteiger partial charge on any atom is 0.254 e. The molecule has 2 saturated heterocycles. The van der Waals surface area contributed by atoms with E-state index in [1.54, 1.807) is 0 Å². The summed E-state index contributed by atoms with van der Waals surface area (Å²) in [4.78, 5) is 19.9. The number of ether oxygens (including phenoxy) is 1. The van der Waals surface area contributed by atoms with Gasteiger partial charge in [0.25, 0.3) is 5.91 Å². The van der Waals surface area contributed by atoms with Gasteiger partial charge in [0.05, 0.1) is 12.2 Å². The Bertz CT molecular complexity index is 910. The van der Waals surface area contributed by atoms with E-state index in [0.717, 1.165) is 39.0 Å². The first-order valence-electron chi connectivity index (χ1n) is 11.0. The largest absolute Gasteiger partial charge is 0.380 e. The molecule has 0 aliphatic carbocycles. The number of amides is 1. The van der Waals surface area contributed by atoms with Crippen LogP contribution >= 0.6 is 11.3 Å². The van der Waals surface area contributed by atoms with Crippen molar-refractivity contribution in [2.24, 2.45) is 0 Å². The SMILES string of the molecule is CN1CCC(O)(C(=O)N2CCC3(CC2)OCCc2sc(-c4ccccc4)cc23)CC1. The molecule has 160 valence electrons. The van der Waals surface area contributed by atoms with Gasteiger partial charge in [-0.2, -0.15) is 0 Å². The fraction of sp³-hybridized carbons (Fsp3) is 0.542. The molecule has 2 fully saturated rings. The molecule has 5 nitrogen and oxygen atoms in total. The molecule has 2 aromatic rings. The highest BCUT2D eigenvalue weighted by atomic mass is 32.1. The van der Waals surface area contributed by atoms with Crippen molar-refractivity contribution >= 4 is 17.2 Å². The molecule has 1 amide bonds. The molecule has 0 bridgehead atoms. The lowest BCUT2D eigenvalue weighted by Crippen LogP contribution is -2.57. The maximum absolute atomic E-state index is 13.1. The molecular weight excluding hydrogens is 396 g/mol. The van der Waals surface area contributed by atoms with Crippen LogP contribution in [0.3, 0.4) is 0 Å². The average molecular weight is 427 g/mol. The number of benzene rings is 1. The van der Waals surface area contributed by atoms with Crippen molar-refractivity contribution in [3.63, 3.8) is 0 Å². The van der Waals surface area contributed by atoms with Gasteiger partial charge in [0, 0.05) is 42.4 Å². The summed E-state index contributed by atoms with van der Waals surface area (Å²) in [5.41, 5.74) is 1.09. The van der Waals surface area contributed by atoms with Crippen LogP contribution in [0.4, 0.5) is 0 Å². The minimum absolute atomic E-state index is 0.0863. The minimum Gasteiger partial charge on any atom is -0.380 e. The summed E-state index contributed by atoms with van der Waals surface area (Å²) >= 11 is 1.88. The Kier molecular flexibility index (Phi) is 5.22. The number of thiophene rings is 1. The highest BCUT2D eigenvalue weighted by Gasteiger charge is 2.47. The van der Waals surface area contributed by atoms with Gasteiger partial charge in [-0.3, -0.25) is 4.79 Å². The van der Waals surface area contributed by atoms with Crippen LogP contribution in [0.5, 0.6) is 0 Å². The van der Waals surface area contributed by atoms with Crippen molar-refractivity contribution in [3.8, 4) is 10.4 Å². The summed E-state index contributed by atoms with van der Waals surface area (Å²) in [6.07, 6.45) is 3.61. The van der Waals surface area contributed by atoms with Crippen LogP contribution in [0.1, 0.15) is 36.1 Å². The normalized spacial score (nSPS) is 23.3. The Morgan fingerprint density at radius 1 is 1.07 bits per heavy atom. The molecule has 3 aliphatic heterocycles. The van der Waals surface area contributed by atoms with Crippen LogP contribution in [0.15, 0.2) is 36.4 Å². The summed E-state index contributed by atoms with van der Waals surface area (Å²) in [6.45, 7) is 3.57. The number of fused-ring (bicyclic) bond motifs is 2. The molecule has 4 heterocycles. The van der Waals surface area contributed by atoms with Crippen molar-refractivity contribution in [2.75, 3.05) is 39.8 Å². The molecule has 0 unspecified atom stereocenters. The fourth-order valence-electron chi connectivity index (χ4n) is 5.14. The second kappa shape index (κ2) is 7.75. The zero-order chi connectivity index (χ0) is 20.8. The topological polar surface area (TPSA) is 53.0 Å². The number of hydrogen-bond donors (Lipinski definition) is 1. The number of likely N-dealkylation sites (tertiary alicyclic amines) is 2. The minimum atomic E-state index is -1.20. The first kappa shape index (κ1) is 20.2. The van der Waals surface area contributed by atoms with Gasteiger partial charge in [0.1, 0.15) is 5.60 Å². The van der Waals surface area contributed by atoms with Crippen LogP contribution in [0, 0.1) is 0 Å². The van der Waals surface area contributed by atoms with Crippen LogP contribution in [-0.4, -0.2) is 66.2 Å². The van der Waals surface area contributed by atoms with E-state index in [2.05, 4.69) is 35.2 Å². The summed E-state index contributed by atoms with van der Waals surface area (Å²) < 4.78 is 6.39. The zero-order valence-corrected chi connectivity index (χ0v) is 18.4. The predicted molar refractivity (Wildman–Crippen MR) is 119 cm³/mol. The lowest BCUT2D eigenvalue weighted by Gasteiger charge is -2.46. The monoisotopic (exact) mass is 426 g/mol. The molecule has 3 aliphatic rings. The Labute approximate surface area is 182 Å². The van der Waals surface area contributed by atoms with Crippen molar-refractivity contribution < 1.29 is 14.6 Å². The Morgan fingerprint density at radius 3 is 2.47 bits per heavy atom. The van der Waals surface area contributed by atoms with Gasteiger partial charge < -0.3 is 19.6 Å². The quantitative estimate of drug-likeness (QED) is 0.801. The van der Waals surface area contributed by atoms with E-state index in [0.29, 0.717) is 25.9 Å². The van der Waals surface area contributed by atoms with Crippen molar-refractivity contribution in [1.82, 2.24) is 9.80 Å². The molecule has 1 spiro atoms. The van der Waals surface area contributed by atoms with E-state index in [4.69, 9.17) is 4.74 Å². The van der Waals surface area contributed by atoms with E-state index < -0.39 is 5.60 Å². The molecule has 30 heavy (non-hydrogen) atoms. The maximum atomic E-state index is 13.1. The van der Waals surface area contributed by atoms with Gasteiger partial charge in [0.2, 0.25) is 0 Å². The van der Waals surface area contributed by atoms with Crippen LogP contribution in [0.2, 0.25) is 0 Å². The molecule has 5 rings (SSSR count). The molecule has 0 atom stereocenters. The Balaban J connectivity index is 1.33. The molecule has 1 aromatic heterocycles. The van der Waals surface area contributed by atoms with Crippen molar-refractivity contribution in [1.29, 1.82) is 0 Å². The summed E-state index contributed by atoms with van der Waals surface area (Å²) in [7, 11) is 2.04. The van der Waals surface area contributed by atoms with Gasteiger partial charge in [-0.1, -0.05) is 30.3 Å². The lowest BCUT2D eigenvalue weighted by atomic mass is 9.81. The molecular formula is C24H30N2O3S. The number of nitrogens with zero attached hydrogens (tertiary/aromatic N) is 2. The van der Waals surface area contributed by atoms with Crippen LogP contribution < -0.4 is 0 Å². The summed E-state index contributed by atoms with van der Waals surface area (Å²) in [6, 6.07) is 12.8. The highest BCUT2D eigenvalue weighted by Crippen LogP contribution is 2.47. The molecule has 1 N–H and O–H groups in total.